The van der Waals surface area contributed by atoms with Gasteiger partial charge in [0.15, 0.2) is 0 Å². The van der Waals surface area contributed by atoms with Crippen LogP contribution >= 0.6 is 0 Å². The summed E-state index contributed by atoms with van der Waals surface area (Å²) in [6.45, 7) is 4.75. The molecule has 0 fully saturated rings. The molecule has 0 aromatic heterocycles. The number of nitrogens with zero attached hydrogens (tertiary/aromatic N) is 2. The van der Waals surface area contributed by atoms with Crippen LogP contribution < -0.4 is 9.80 Å². The van der Waals surface area contributed by atoms with Crippen molar-refractivity contribution in [2.24, 2.45) is 0 Å². The molecule has 0 heterocycles. The maximum atomic E-state index is 2.47. The summed E-state index contributed by atoms with van der Waals surface area (Å²) >= 11 is 0. The first-order valence-corrected chi connectivity index (χ1v) is 26.7. The zero-order chi connectivity index (χ0) is 51.7. The highest BCUT2D eigenvalue weighted by atomic mass is 15.2. The highest BCUT2D eigenvalue weighted by molar-refractivity contribution is 6.00. The van der Waals surface area contributed by atoms with Crippen LogP contribution in [0.2, 0.25) is 0 Å². The lowest BCUT2D eigenvalue weighted by atomic mass is 9.81. The molecule has 1 aliphatic carbocycles. The molecule has 0 radical (unpaired) electrons. The Kier molecular flexibility index (Phi) is 12.3. The van der Waals surface area contributed by atoms with Crippen LogP contribution in [0, 0.1) is 0 Å². The summed E-state index contributed by atoms with van der Waals surface area (Å²) in [6, 6.07) is 111. The summed E-state index contributed by atoms with van der Waals surface area (Å²) in [5, 5.41) is 0. The van der Waals surface area contributed by atoms with Crippen molar-refractivity contribution in [3.63, 3.8) is 0 Å². The number of rotatable bonds is 12. The van der Waals surface area contributed by atoms with Crippen LogP contribution in [-0.2, 0) is 5.41 Å². The Morgan fingerprint density at radius 2 is 0.481 bits per heavy atom. The van der Waals surface area contributed by atoms with E-state index in [-0.39, 0.29) is 5.41 Å². The van der Waals surface area contributed by atoms with E-state index in [1.54, 1.807) is 0 Å². The summed E-state index contributed by atoms with van der Waals surface area (Å²) in [4.78, 5) is 4.93. The quantitative estimate of drug-likeness (QED) is 0.120. The molecule has 0 amide bonds. The molecule has 0 atom stereocenters. The minimum Gasteiger partial charge on any atom is -0.308 e. The second-order valence-electron chi connectivity index (χ2n) is 20.5. The van der Waals surface area contributed by atoms with Crippen molar-refractivity contribution in [1.29, 1.82) is 0 Å². The van der Waals surface area contributed by atoms with E-state index in [0.29, 0.717) is 0 Å². The van der Waals surface area contributed by atoms with Crippen molar-refractivity contribution in [3.05, 3.63) is 314 Å². The van der Waals surface area contributed by atoms with Crippen molar-refractivity contribution >= 4 is 34.1 Å². The lowest BCUT2D eigenvalue weighted by Gasteiger charge is -2.35. The Hall–Kier alpha value is -9.76. The maximum absolute atomic E-state index is 2.47. The molecule has 1 aliphatic rings. The Labute approximate surface area is 453 Å². The molecule has 0 saturated heterocycles. The zero-order valence-electron chi connectivity index (χ0n) is 43.3. The largest absolute Gasteiger partial charge is 0.308 e. The molecule has 0 unspecified atom stereocenters. The highest BCUT2D eigenvalue weighted by Gasteiger charge is 2.36. The molecule has 12 aromatic rings. The fourth-order valence-electron chi connectivity index (χ4n) is 11.5. The molecule has 0 N–H and O–H groups in total. The molecule has 0 aliphatic heterocycles. The predicted molar refractivity (Wildman–Crippen MR) is 326 cm³/mol. The maximum Gasteiger partial charge on any atom is 0.0709 e. The first-order valence-electron chi connectivity index (χ1n) is 26.7. The van der Waals surface area contributed by atoms with Gasteiger partial charge in [-0.15, -0.1) is 0 Å². The van der Waals surface area contributed by atoms with E-state index in [4.69, 9.17) is 0 Å². The molecule has 2 heteroatoms. The van der Waals surface area contributed by atoms with Gasteiger partial charge in [-0.3, -0.25) is 0 Å². The van der Waals surface area contributed by atoms with Gasteiger partial charge in [-0.2, -0.15) is 0 Å². The van der Waals surface area contributed by atoms with Gasteiger partial charge in [-0.1, -0.05) is 250 Å². The molecule has 12 aromatic carbocycles. The van der Waals surface area contributed by atoms with E-state index in [2.05, 4.69) is 327 Å². The molecule has 0 spiro atoms. The summed E-state index contributed by atoms with van der Waals surface area (Å²) in [6.07, 6.45) is 0. The number of hydrogen-bond acceptors (Lipinski definition) is 2. The number of fused-ring (bicyclic) bond motifs is 3. The molecule has 366 valence electrons. The number of anilines is 6. The molecule has 0 bridgehead atoms. The van der Waals surface area contributed by atoms with Crippen molar-refractivity contribution in [1.82, 2.24) is 0 Å². The van der Waals surface area contributed by atoms with Crippen molar-refractivity contribution in [3.8, 4) is 77.9 Å². The van der Waals surface area contributed by atoms with Crippen molar-refractivity contribution in [2.75, 3.05) is 9.80 Å². The van der Waals surface area contributed by atoms with E-state index in [1.807, 2.05) is 0 Å². The first kappa shape index (κ1) is 47.0. The monoisotopic (exact) mass is 984 g/mol. The van der Waals surface area contributed by atoms with E-state index < -0.39 is 0 Å². The lowest BCUT2D eigenvalue weighted by molar-refractivity contribution is 0.660. The van der Waals surface area contributed by atoms with Gasteiger partial charge in [0.05, 0.1) is 11.4 Å². The summed E-state index contributed by atoms with van der Waals surface area (Å²) in [7, 11) is 0. The normalized spacial score (nSPS) is 12.1. The third-order valence-corrected chi connectivity index (χ3v) is 15.5. The fourth-order valence-corrected chi connectivity index (χ4v) is 11.5. The topological polar surface area (TPSA) is 6.48 Å². The van der Waals surface area contributed by atoms with Gasteiger partial charge in [-0.25, -0.2) is 0 Å². The van der Waals surface area contributed by atoms with Crippen LogP contribution in [0.25, 0.3) is 77.9 Å². The van der Waals surface area contributed by atoms with E-state index in [9.17, 15) is 0 Å². The third-order valence-electron chi connectivity index (χ3n) is 15.5. The molecule has 0 saturated carbocycles. The Balaban J connectivity index is 1.10. The average Bonchev–Trinajstić information content (AvgIpc) is 3.90. The summed E-state index contributed by atoms with van der Waals surface area (Å²) in [5.41, 5.74) is 25.3. The fraction of sp³-hybridized carbons (Fsp3) is 0.0400. The van der Waals surface area contributed by atoms with Gasteiger partial charge in [0.25, 0.3) is 0 Å². The number of benzene rings is 12. The summed E-state index contributed by atoms with van der Waals surface area (Å²) < 4.78 is 0. The third kappa shape index (κ3) is 9.00. The Morgan fingerprint density at radius 3 is 0.844 bits per heavy atom. The zero-order valence-corrected chi connectivity index (χ0v) is 43.3. The van der Waals surface area contributed by atoms with Gasteiger partial charge in [0.2, 0.25) is 0 Å². The van der Waals surface area contributed by atoms with Gasteiger partial charge >= 0.3 is 0 Å². The van der Waals surface area contributed by atoms with Gasteiger partial charge in [-0.05, 0) is 156 Å². The van der Waals surface area contributed by atoms with Crippen LogP contribution in [0.4, 0.5) is 34.1 Å². The van der Waals surface area contributed by atoms with Crippen molar-refractivity contribution in [2.45, 2.75) is 19.3 Å². The van der Waals surface area contributed by atoms with Crippen LogP contribution in [0.15, 0.2) is 303 Å². The van der Waals surface area contributed by atoms with Crippen LogP contribution in [0.3, 0.4) is 0 Å². The van der Waals surface area contributed by atoms with Crippen LogP contribution in [-0.4, -0.2) is 0 Å². The molecule has 77 heavy (non-hydrogen) atoms. The summed E-state index contributed by atoms with van der Waals surface area (Å²) in [5.74, 6) is 0. The highest BCUT2D eigenvalue weighted by Crippen LogP contribution is 2.54. The lowest BCUT2D eigenvalue weighted by Crippen LogP contribution is -2.18. The smallest absolute Gasteiger partial charge is 0.0709 e. The Morgan fingerprint density at radius 1 is 0.208 bits per heavy atom. The average molecular weight is 985 g/mol. The van der Waals surface area contributed by atoms with Crippen molar-refractivity contribution < 1.29 is 0 Å². The molecule has 2 nitrogen and oxygen atoms in total. The molecular formula is C75H56N2. The Bertz CT molecular complexity index is 3820. The van der Waals surface area contributed by atoms with Crippen LogP contribution in [0.5, 0.6) is 0 Å². The van der Waals surface area contributed by atoms with Gasteiger partial charge < -0.3 is 9.80 Å². The minimum atomic E-state index is -0.181. The van der Waals surface area contributed by atoms with E-state index in [0.717, 1.165) is 73.1 Å². The number of hydrogen-bond donors (Lipinski definition) is 0. The second kappa shape index (κ2) is 20.2. The van der Waals surface area contributed by atoms with E-state index in [1.165, 1.54) is 50.1 Å². The SMILES string of the molecule is CC1(C)c2ccccc2-c2ccc(-c3cc(N(c4ccc(-c5ccccc5)cc4)c4ccc(-c5ccccc5)cc4)c(N(c4ccc(-c5ccccc5)cc4)c4ccc(-c5ccccc5)cc4)cc3-c3ccccc3)cc21. The van der Waals surface area contributed by atoms with E-state index >= 15 is 0 Å². The minimum absolute atomic E-state index is 0.181. The predicted octanol–water partition coefficient (Wildman–Crippen LogP) is 20.9. The molecular weight excluding hydrogens is 929 g/mol. The van der Waals surface area contributed by atoms with Gasteiger partial charge in [0, 0.05) is 28.2 Å². The standard InChI is InChI=1S/C75H56N2/c1-75(2)71-31-19-18-30-67(71)68-49-40-62(50-72(68)75)70-52-74(77(65-45-36-59(37-46-65)55-24-12-5-13-25-55)66-47-38-60(39-48-66)56-26-14-6-15-27-56)73(51-69(70)61-28-16-7-17-29-61)76(63-41-32-57(33-42-63)53-20-8-3-9-21-53)64-43-34-58(35-44-64)54-22-10-4-11-23-54/h3-52H,1-2H3. The van der Waals surface area contributed by atoms with Gasteiger partial charge in [0.1, 0.15) is 0 Å². The van der Waals surface area contributed by atoms with Crippen LogP contribution in [0.1, 0.15) is 25.0 Å². The molecule has 13 rings (SSSR count). The second-order valence-corrected chi connectivity index (χ2v) is 20.5. The first-order chi connectivity index (χ1) is 37.9.